The average molecular weight is 305 g/mol. The molecule has 1 aromatic carbocycles. The smallest absolute Gasteiger partial charge is 0.175 e. The zero-order valence-electron chi connectivity index (χ0n) is 10.4. The summed E-state index contributed by atoms with van der Waals surface area (Å²) in [5.74, 6) is 1.80. The molecule has 0 radical (unpaired) electrons. The number of aliphatic hydroxyl groups is 1. The van der Waals surface area contributed by atoms with Gasteiger partial charge in [-0.2, -0.15) is 0 Å². The van der Waals surface area contributed by atoms with Crippen LogP contribution in [0.25, 0.3) is 0 Å². The largest absolute Gasteiger partial charge is 0.496 e. The van der Waals surface area contributed by atoms with Gasteiger partial charge in [-0.25, -0.2) is 0 Å². The van der Waals surface area contributed by atoms with Gasteiger partial charge < -0.3 is 19.3 Å². The molecule has 0 aliphatic heterocycles. The van der Waals surface area contributed by atoms with E-state index in [-0.39, 0.29) is 12.5 Å². The maximum atomic E-state index is 9.27. The van der Waals surface area contributed by atoms with Gasteiger partial charge in [0.15, 0.2) is 11.5 Å². The van der Waals surface area contributed by atoms with Gasteiger partial charge in [-0.15, -0.1) is 0 Å². The zero-order valence-corrected chi connectivity index (χ0v) is 12.0. The molecule has 1 unspecified atom stereocenters. The van der Waals surface area contributed by atoms with Crippen LogP contribution >= 0.6 is 15.9 Å². The Kier molecular flexibility index (Phi) is 5.08. The van der Waals surface area contributed by atoms with Crippen molar-refractivity contribution in [1.82, 2.24) is 0 Å². The molecule has 1 N–H and O–H groups in total. The highest BCUT2D eigenvalue weighted by atomic mass is 79.9. The fraction of sp³-hybridized carbons (Fsp3) is 0.500. The maximum Gasteiger partial charge on any atom is 0.175 e. The predicted octanol–water partition coefficient (Wildman–Crippen LogP) is 2.57. The van der Waals surface area contributed by atoms with Crippen LogP contribution in [0.3, 0.4) is 0 Å². The number of methoxy groups -OCH3 is 3. The number of rotatable bonds is 5. The highest BCUT2D eigenvalue weighted by molar-refractivity contribution is 9.10. The van der Waals surface area contributed by atoms with E-state index in [1.807, 2.05) is 6.92 Å². The molecule has 0 spiro atoms. The molecule has 0 aliphatic rings. The van der Waals surface area contributed by atoms with E-state index in [2.05, 4.69) is 15.9 Å². The number of hydrogen-bond acceptors (Lipinski definition) is 4. The second-order valence-corrected chi connectivity index (χ2v) is 4.42. The lowest BCUT2D eigenvalue weighted by molar-refractivity contribution is 0.268. The molecule has 17 heavy (non-hydrogen) atoms. The Morgan fingerprint density at radius 2 is 1.76 bits per heavy atom. The van der Waals surface area contributed by atoms with Crippen molar-refractivity contribution in [2.24, 2.45) is 0 Å². The van der Waals surface area contributed by atoms with Crippen molar-refractivity contribution in [3.63, 3.8) is 0 Å². The fourth-order valence-corrected chi connectivity index (χ4v) is 2.61. The first-order valence-corrected chi connectivity index (χ1v) is 5.99. The van der Waals surface area contributed by atoms with Crippen LogP contribution < -0.4 is 14.2 Å². The Morgan fingerprint density at radius 1 is 1.18 bits per heavy atom. The molecule has 0 aliphatic carbocycles. The van der Waals surface area contributed by atoms with Crippen molar-refractivity contribution in [1.29, 1.82) is 0 Å². The highest BCUT2D eigenvalue weighted by Crippen LogP contribution is 2.45. The van der Waals surface area contributed by atoms with E-state index in [1.54, 1.807) is 27.4 Å². The lowest BCUT2D eigenvalue weighted by Gasteiger charge is -2.19. The molecule has 96 valence electrons. The number of hydrogen-bond donors (Lipinski definition) is 1. The van der Waals surface area contributed by atoms with E-state index < -0.39 is 0 Å². The van der Waals surface area contributed by atoms with Crippen molar-refractivity contribution >= 4 is 15.9 Å². The van der Waals surface area contributed by atoms with Gasteiger partial charge in [0, 0.05) is 24.2 Å². The van der Waals surface area contributed by atoms with Crippen molar-refractivity contribution in [2.45, 2.75) is 12.8 Å². The Labute approximate surface area is 110 Å². The molecular formula is C12H17BrO4. The molecule has 0 heterocycles. The number of aliphatic hydroxyl groups excluding tert-OH is 1. The highest BCUT2D eigenvalue weighted by Gasteiger charge is 2.22. The van der Waals surface area contributed by atoms with Gasteiger partial charge in [-0.05, 0) is 15.9 Å². The summed E-state index contributed by atoms with van der Waals surface area (Å²) in [5.41, 5.74) is 0.868. The SMILES string of the molecule is COc1cc(OC)c(C(C)CO)c(Br)c1OC. The Morgan fingerprint density at radius 3 is 2.18 bits per heavy atom. The average Bonchev–Trinajstić information content (AvgIpc) is 2.36. The summed E-state index contributed by atoms with van der Waals surface area (Å²) in [4.78, 5) is 0. The van der Waals surface area contributed by atoms with E-state index in [9.17, 15) is 5.11 Å². The Hall–Kier alpha value is -0.940. The molecule has 1 atom stereocenters. The van der Waals surface area contributed by atoms with E-state index in [0.29, 0.717) is 17.2 Å². The maximum absolute atomic E-state index is 9.27. The molecular weight excluding hydrogens is 288 g/mol. The topological polar surface area (TPSA) is 47.9 Å². The second kappa shape index (κ2) is 6.12. The molecule has 5 heteroatoms. The number of ether oxygens (including phenoxy) is 3. The summed E-state index contributed by atoms with van der Waals surface area (Å²) in [6.07, 6.45) is 0. The van der Waals surface area contributed by atoms with Gasteiger partial charge in [0.1, 0.15) is 5.75 Å². The third-order valence-corrected chi connectivity index (χ3v) is 3.39. The van der Waals surface area contributed by atoms with E-state index in [0.717, 1.165) is 10.0 Å². The van der Waals surface area contributed by atoms with Crippen LogP contribution in [0, 0.1) is 0 Å². The van der Waals surface area contributed by atoms with Crippen LogP contribution in [0.1, 0.15) is 18.4 Å². The van der Waals surface area contributed by atoms with Crippen LogP contribution in [0.4, 0.5) is 0 Å². The first-order valence-electron chi connectivity index (χ1n) is 5.19. The minimum absolute atomic E-state index is 0.0322. The molecule has 0 saturated carbocycles. The Bertz CT molecular complexity index is 393. The normalized spacial score (nSPS) is 12.1. The summed E-state index contributed by atoms with van der Waals surface area (Å²) in [5, 5.41) is 9.27. The molecule has 1 aromatic rings. The van der Waals surface area contributed by atoms with Gasteiger partial charge in [-0.3, -0.25) is 0 Å². The Balaban J connectivity index is 3.46. The second-order valence-electron chi connectivity index (χ2n) is 3.63. The molecule has 4 nitrogen and oxygen atoms in total. The first-order chi connectivity index (χ1) is 8.10. The first kappa shape index (κ1) is 14.1. The van der Waals surface area contributed by atoms with Crippen LogP contribution in [-0.4, -0.2) is 33.0 Å². The van der Waals surface area contributed by atoms with Gasteiger partial charge in [0.2, 0.25) is 0 Å². The summed E-state index contributed by atoms with van der Waals surface area (Å²) >= 11 is 3.47. The van der Waals surface area contributed by atoms with Crippen molar-refractivity contribution in [3.05, 3.63) is 16.1 Å². The molecule has 0 saturated heterocycles. The third kappa shape index (κ3) is 2.66. The van der Waals surface area contributed by atoms with E-state index in [4.69, 9.17) is 14.2 Å². The van der Waals surface area contributed by atoms with Crippen molar-refractivity contribution in [3.8, 4) is 17.2 Å². The number of halogens is 1. The molecule has 0 amide bonds. The van der Waals surface area contributed by atoms with Crippen molar-refractivity contribution < 1.29 is 19.3 Å². The molecule has 1 rings (SSSR count). The summed E-state index contributed by atoms with van der Waals surface area (Å²) in [6, 6.07) is 1.76. The number of benzene rings is 1. The van der Waals surface area contributed by atoms with Gasteiger partial charge in [0.25, 0.3) is 0 Å². The van der Waals surface area contributed by atoms with Crippen LogP contribution in [0.5, 0.6) is 17.2 Å². The van der Waals surface area contributed by atoms with Gasteiger partial charge in [-0.1, -0.05) is 6.92 Å². The third-order valence-electron chi connectivity index (χ3n) is 2.60. The van der Waals surface area contributed by atoms with Gasteiger partial charge in [0.05, 0.1) is 25.8 Å². The van der Waals surface area contributed by atoms with Gasteiger partial charge >= 0.3 is 0 Å². The minimum atomic E-state index is -0.0564. The quantitative estimate of drug-likeness (QED) is 0.908. The monoisotopic (exact) mass is 304 g/mol. The van der Waals surface area contributed by atoms with Crippen LogP contribution in [0.15, 0.2) is 10.5 Å². The van der Waals surface area contributed by atoms with Crippen molar-refractivity contribution in [2.75, 3.05) is 27.9 Å². The van der Waals surface area contributed by atoms with Crippen LogP contribution in [-0.2, 0) is 0 Å². The van der Waals surface area contributed by atoms with E-state index in [1.165, 1.54) is 0 Å². The molecule has 0 fully saturated rings. The lowest BCUT2D eigenvalue weighted by Crippen LogP contribution is -2.05. The zero-order chi connectivity index (χ0) is 13.0. The standard InChI is InChI=1S/C12H17BrO4/c1-7(6-14)10-8(15-2)5-9(16-3)12(17-4)11(10)13/h5,7,14H,6H2,1-4H3. The lowest BCUT2D eigenvalue weighted by atomic mass is 10.00. The summed E-state index contributed by atoms with van der Waals surface area (Å²) in [7, 11) is 4.72. The molecule has 0 aromatic heterocycles. The summed E-state index contributed by atoms with van der Waals surface area (Å²) in [6.45, 7) is 1.94. The predicted molar refractivity (Wildman–Crippen MR) is 69.3 cm³/mol. The summed E-state index contributed by atoms with van der Waals surface area (Å²) < 4.78 is 16.6. The van der Waals surface area contributed by atoms with E-state index >= 15 is 0 Å². The fourth-order valence-electron chi connectivity index (χ4n) is 1.66. The van der Waals surface area contributed by atoms with Crippen LogP contribution in [0.2, 0.25) is 0 Å². The minimum Gasteiger partial charge on any atom is -0.496 e. The molecule has 0 bridgehead atoms.